The highest BCUT2D eigenvalue weighted by Gasteiger charge is 2.09. The molecule has 11 heteroatoms. The van der Waals surface area contributed by atoms with Crippen molar-refractivity contribution in [2.75, 3.05) is 13.1 Å². The average Bonchev–Trinajstić information content (AvgIpc) is 2.40. The zero-order valence-electron chi connectivity index (χ0n) is 12.2. The van der Waals surface area contributed by atoms with E-state index in [-0.39, 0.29) is 18.4 Å². The van der Waals surface area contributed by atoms with Gasteiger partial charge in [-0.15, -0.1) is 0 Å². The molecule has 0 rings (SSSR count). The van der Waals surface area contributed by atoms with E-state index in [1.54, 1.807) is 6.92 Å². The minimum Gasteiger partial charge on any atom is -0.480 e. The molecule has 0 fully saturated rings. The van der Waals surface area contributed by atoms with Crippen molar-refractivity contribution in [3.63, 3.8) is 0 Å². The maximum Gasteiger partial charge on any atom is 0.322 e. The monoisotopic (exact) mass is 337 g/mol. The molecule has 128 valence electrons. The predicted molar refractivity (Wildman–Crippen MR) is 84.6 cm³/mol. The number of nitrogens with zero attached hydrogens (tertiary/aromatic N) is 1. The van der Waals surface area contributed by atoms with Crippen molar-refractivity contribution in [2.45, 2.75) is 31.1 Å². The number of rotatable bonds is 8. The number of carbonyl (C=O) groups is 3. The van der Waals surface area contributed by atoms with Crippen LogP contribution in [-0.4, -0.2) is 58.4 Å². The maximum atomic E-state index is 10.6. The fourth-order valence-electron chi connectivity index (χ4n) is 0.953. The van der Waals surface area contributed by atoms with E-state index in [9.17, 15) is 14.4 Å². The molecular weight excluding hydrogens is 314 g/mol. The Labute approximate surface area is 133 Å². The summed E-state index contributed by atoms with van der Waals surface area (Å²) in [4.78, 5) is 34.4. The number of nitrogens with two attached hydrogens (primary N) is 3. The number of carbonyl (C=O) groups excluding carboxylic acids is 1. The van der Waals surface area contributed by atoms with Crippen LogP contribution in [0.1, 0.15) is 19.8 Å². The van der Waals surface area contributed by atoms with Gasteiger partial charge in [-0.05, 0) is 19.8 Å². The molecule has 10 nitrogen and oxygen atoms in total. The molecule has 0 bridgehead atoms. The molecule has 0 heterocycles. The van der Waals surface area contributed by atoms with Crippen LogP contribution in [0, 0.1) is 0 Å². The molecule has 0 aliphatic heterocycles. The summed E-state index contributed by atoms with van der Waals surface area (Å²) < 4.78 is 0. The van der Waals surface area contributed by atoms with Gasteiger partial charge >= 0.3 is 11.9 Å². The van der Waals surface area contributed by atoms with E-state index < -0.39 is 23.2 Å². The van der Waals surface area contributed by atoms with E-state index in [1.165, 1.54) is 0 Å². The number of guanidine groups is 1. The number of hydrogen-bond donors (Lipinski definition) is 7. The van der Waals surface area contributed by atoms with Gasteiger partial charge in [0.2, 0.25) is 5.91 Å². The van der Waals surface area contributed by atoms with E-state index in [2.05, 4.69) is 22.9 Å². The number of carboxylic acids is 2. The van der Waals surface area contributed by atoms with Gasteiger partial charge in [-0.1, -0.05) is 0 Å². The van der Waals surface area contributed by atoms with Crippen LogP contribution in [0.2, 0.25) is 0 Å². The van der Waals surface area contributed by atoms with Crippen LogP contribution < -0.4 is 22.5 Å². The lowest BCUT2D eigenvalue weighted by Crippen LogP contribution is -2.33. The van der Waals surface area contributed by atoms with Crippen molar-refractivity contribution < 1.29 is 24.6 Å². The summed E-state index contributed by atoms with van der Waals surface area (Å²) in [7, 11) is 0. The first-order valence-corrected chi connectivity index (χ1v) is 6.80. The second kappa shape index (κ2) is 12.7. The van der Waals surface area contributed by atoms with E-state index in [1.807, 2.05) is 0 Å². The van der Waals surface area contributed by atoms with Gasteiger partial charge in [-0.25, -0.2) is 0 Å². The van der Waals surface area contributed by atoms with Crippen molar-refractivity contribution in [3.8, 4) is 0 Å². The first-order valence-electron chi connectivity index (χ1n) is 6.29. The predicted octanol–water partition coefficient (Wildman–Crippen LogP) is -2.04. The zero-order valence-corrected chi connectivity index (χ0v) is 13.1. The minimum absolute atomic E-state index is 0.0129. The molecule has 1 amide bonds. The Bertz CT molecular complexity index is 398. The van der Waals surface area contributed by atoms with E-state index in [4.69, 9.17) is 27.4 Å². The van der Waals surface area contributed by atoms with Gasteiger partial charge in [0.05, 0.1) is 5.25 Å². The number of aliphatic imine (C=N–C) groups is 1. The van der Waals surface area contributed by atoms with E-state index >= 15 is 0 Å². The minimum atomic E-state index is -1.05. The van der Waals surface area contributed by atoms with E-state index in [0.717, 1.165) is 0 Å². The highest BCUT2D eigenvalue weighted by atomic mass is 32.1. The number of aliphatic carboxylic acids is 2. The van der Waals surface area contributed by atoms with Crippen molar-refractivity contribution in [3.05, 3.63) is 0 Å². The van der Waals surface area contributed by atoms with Crippen molar-refractivity contribution >= 4 is 36.4 Å². The van der Waals surface area contributed by atoms with Gasteiger partial charge < -0.3 is 32.7 Å². The summed E-state index contributed by atoms with van der Waals surface area (Å²) >= 11 is 3.79. The van der Waals surface area contributed by atoms with Crippen LogP contribution in [0.15, 0.2) is 4.99 Å². The molecule has 0 radical (unpaired) electrons. The molecule has 0 aliphatic carbocycles. The maximum absolute atomic E-state index is 10.6. The summed E-state index contributed by atoms with van der Waals surface area (Å²) in [5, 5.41) is 18.2. The van der Waals surface area contributed by atoms with Crippen LogP contribution in [0.5, 0.6) is 0 Å². The van der Waals surface area contributed by atoms with Crippen LogP contribution in [-0.2, 0) is 14.4 Å². The third-order valence-electron chi connectivity index (χ3n) is 2.08. The molecule has 0 unspecified atom stereocenters. The summed E-state index contributed by atoms with van der Waals surface area (Å²) in [6.45, 7) is 1.65. The van der Waals surface area contributed by atoms with Gasteiger partial charge in [-0.3, -0.25) is 19.4 Å². The Morgan fingerprint density at radius 3 is 2.18 bits per heavy atom. The summed E-state index contributed by atoms with van der Waals surface area (Å²) in [6, 6.07) is -0.820. The van der Waals surface area contributed by atoms with Crippen LogP contribution in [0.3, 0.4) is 0 Å². The van der Waals surface area contributed by atoms with Gasteiger partial charge in [0, 0.05) is 6.54 Å². The summed E-state index contributed by atoms with van der Waals surface area (Å²) in [5.74, 6) is -2.41. The zero-order chi connectivity index (χ0) is 17.7. The van der Waals surface area contributed by atoms with Crippen molar-refractivity contribution in [1.82, 2.24) is 5.32 Å². The molecule has 0 spiro atoms. The molecule has 22 heavy (non-hydrogen) atoms. The SMILES string of the molecule is C[C@@H](S)C(=O)NCC(=O)O.NC(N)=NCCC[C@H](N)C(=O)O. The summed E-state index contributed by atoms with van der Waals surface area (Å²) in [6.07, 6.45) is 0.956. The first kappa shape index (κ1) is 22.3. The number of hydrogen-bond acceptors (Lipinski definition) is 6. The van der Waals surface area contributed by atoms with Crippen LogP contribution >= 0.6 is 12.6 Å². The largest absolute Gasteiger partial charge is 0.480 e. The second-order valence-electron chi connectivity index (χ2n) is 4.18. The molecule has 9 N–H and O–H groups in total. The Morgan fingerprint density at radius 2 is 1.82 bits per heavy atom. The fourth-order valence-corrected chi connectivity index (χ4v) is 1.04. The lowest BCUT2D eigenvalue weighted by Gasteiger charge is -2.03. The summed E-state index contributed by atoms with van der Waals surface area (Å²) in [5.41, 5.74) is 15.3. The number of amides is 1. The lowest BCUT2D eigenvalue weighted by molar-refractivity contribution is -0.139. The molecule has 0 aromatic heterocycles. The van der Waals surface area contributed by atoms with Gasteiger partial charge in [0.25, 0.3) is 0 Å². The van der Waals surface area contributed by atoms with Crippen molar-refractivity contribution in [2.24, 2.45) is 22.2 Å². The quantitative estimate of drug-likeness (QED) is 0.114. The van der Waals surface area contributed by atoms with Crippen LogP contribution in [0.25, 0.3) is 0 Å². The smallest absolute Gasteiger partial charge is 0.322 e. The molecule has 0 aromatic rings. The topological polar surface area (TPSA) is 194 Å². The Kier molecular flexibility index (Phi) is 12.9. The number of thiol groups is 1. The van der Waals surface area contributed by atoms with Gasteiger partial charge in [0.15, 0.2) is 5.96 Å². The average molecular weight is 337 g/mol. The third-order valence-corrected chi connectivity index (χ3v) is 2.31. The molecular formula is C11H23N5O5S. The van der Waals surface area contributed by atoms with Crippen molar-refractivity contribution in [1.29, 1.82) is 0 Å². The number of nitrogens with one attached hydrogen (secondary N) is 1. The Hall–Kier alpha value is -2.01. The fraction of sp³-hybridized carbons (Fsp3) is 0.636. The highest BCUT2D eigenvalue weighted by Crippen LogP contribution is 1.94. The Balaban J connectivity index is 0. The van der Waals surface area contributed by atoms with E-state index in [0.29, 0.717) is 19.4 Å². The normalized spacial score (nSPS) is 12.1. The molecule has 0 saturated heterocycles. The highest BCUT2D eigenvalue weighted by molar-refractivity contribution is 7.81. The van der Waals surface area contributed by atoms with Gasteiger partial charge in [0.1, 0.15) is 12.6 Å². The lowest BCUT2D eigenvalue weighted by atomic mass is 10.2. The molecule has 0 aromatic carbocycles. The third kappa shape index (κ3) is 16.0. The molecule has 2 atom stereocenters. The standard InChI is InChI=1S/C6H14N4O2.C5H9NO3S/c7-4(5(11)12)2-1-3-10-6(8)9;1-3(10)5(9)6-2-4(7)8/h4H,1-3,7H2,(H,11,12)(H4,8,9,10);3,10H,2H2,1H3,(H,6,9)(H,7,8)/t4-;3-/m01/s1. The van der Waals surface area contributed by atoms with Crippen LogP contribution in [0.4, 0.5) is 0 Å². The number of carboxylic acid groups (broad SMARTS) is 2. The molecule has 0 saturated carbocycles. The molecule has 0 aliphatic rings. The second-order valence-corrected chi connectivity index (χ2v) is 4.96. The first-order chi connectivity index (χ1) is 10.1. The Morgan fingerprint density at radius 1 is 1.27 bits per heavy atom. The van der Waals surface area contributed by atoms with Gasteiger partial charge in [-0.2, -0.15) is 12.6 Å².